The Hall–Kier alpha value is -5.46. The number of furan rings is 1. The Bertz CT molecular complexity index is 3270. The van der Waals surface area contributed by atoms with Crippen LogP contribution in [0.15, 0.2) is 126 Å². The van der Waals surface area contributed by atoms with E-state index in [4.69, 9.17) is 17.1 Å². The third kappa shape index (κ3) is 10.7. The minimum absolute atomic E-state index is 0. The van der Waals surface area contributed by atoms with Gasteiger partial charge in [-0.1, -0.05) is 148 Å². The number of imidazole rings is 1. The summed E-state index contributed by atoms with van der Waals surface area (Å²) >= 11 is 0. The zero-order valence-corrected chi connectivity index (χ0v) is 45.1. The first-order chi connectivity index (χ1) is 31.9. The molecule has 0 aliphatic carbocycles. The van der Waals surface area contributed by atoms with Gasteiger partial charge in [0.1, 0.15) is 0 Å². The van der Waals surface area contributed by atoms with E-state index < -0.39 is 19.9 Å². The number of fused-ring (bicyclic) bond motifs is 4. The summed E-state index contributed by atoms with van der Waals surface area (Å²) in [6, 6.07) is 47.0. The number of para-hydroxylation sites is 2. The van der Waals surface area contributed by atoms with Crippen molar-refractivity contribution in [1.82, 2.24) is 19.5 Å². The van der Waals surface area contributed by atoms with Crippen LogP contribution in [0.3, 0.4) is 0 Å². The van der Waals surface area contributed by atoms with Gasteiger partial charge in [-0.2, -0.15) is 0 Å². The number of aromatic nitrogens is 4. The van der Waals surface area contributed by atoms with Gasteiger partial charge in [0.15, 0.2) is 0 Å². The summed E-state index contributed by atoms with van der Waals surface area (Å²) in [6.07, 6.45) is 0.472. The van der Waals surface area contributed by atoms with E-state index in [0.29, 0.717) is 17.5 Å². The first-order valence-corrected chi connectivity index (χ1v) is 26.9. The largest absolute Gasteiger partial charge is 0.486 e. The van der Waals surface area contributed by atoms with E-state index >= 15 is 0 Å². The summed E-state index contributed by atoms with van der Waals surface area (Å²) in [4.78, 5) is 14.6. The number of pyridine rings is 2. The van der Waals surface area contributed by atoms with Gasteiger partial charge in [-0.05, 0) is 105 Å². The molecule has 0 aliphatic heterocycles. The molecular formula is C60H66IrN4OSi-2. The van der Waals surface area contributed by atoms with Crippen LogP contribution in [0.25, 0.3) is 72.6 Å². The Morgan fingerprint density at radius 3 is 2.04 bits per heavy atom. The predicted octanol–water partition coefficient (Wildman–Crippen LogP) is 16.0. The third-order valence-electron chi connectivity index (χ3n) is 12.1. The summed E-state index contributed by atoms with van der Waals surface area (Å²) < 4.78 is 26.2. The normalized spacial score (nSPS) is 12.9. The smallest absolute Gasteiger partial charge is 0.216 e. The molecule has 0 fully saturated rings. The van der Waals surface area contributed by atoms with Gasteiger partial charge in [0.25, 0.3) is 0 Å². The van der Waals surface area contributed by atoms with Crippen molar-refractivity contribution in [2.45, 2.75) is 119 Å². The van der Waals surface area contributed by atoms with E-state index in [1.807, 2.05) is 58.2 Å². The molecular weight excluding hydrogens is 1010 g/mol. The van der Waals surface area contributed by atoms with Gasteiger partial charge in [0.2, 0.25) is 5.71 Å². The second-order valence-corrected chi connectivity index (χ2v) is 26.5. The number of rotatable bonds is 8. The molecule has 1 radical (unpaired) electrons. The topological polar surface area (TPSA) is 56.7 Å². The molecule has 0 saturated heterocycles. The molecule has 4 heterocycles. The van der Waals surface area contributed by atoms with Crippen molar-refractivity contribution >= 4 is 46.4 Å². The molecule has 9 rings (SSSR count). The average Bonchev–Trinajstić information content (AvgIpc) is 3.85. The van der Waals surface area contributed by atoms with E-state index in [-0.39, 0.29) is 25.5 Å². The fourth-order valence-corrected chi connectivity index (χ4v) is 10.1. The molecule has 5 aromatic carbocycles. The van der Waals surface area contributed by atoms with E-state index in [9.17, 15) is 0 Å². The number of hydrogen-bond acceptors (Lipinski definition) is 4. The SMILES string of the molecule is Cc1ccc2c(n1)oc1c[c-]c(-c3nc4ccccc4n3-c3c(C(C)C)cc(-c4ccccc4)cc3C(C)C)cc12.[2H]C([2H])(c1cc(-c2[c-]ccc(C(C)(C)C)c2)ncc1[Si](C)(C)C)C(C)(C)C.[Ir]. The maximum absolute atomic E-state index is 8.89. The van der Waals surface area contributed by atoms with Crippen LogP contribution in [-0.4, -0.2) is 27.6 Å². The minimum atomic E-state index is -1.74. The summed E-state index contributed by atoms with van der Waals surface area (Å²) in [7, 11) is -1.74. The standard InChI is InChI=1S/C37H32N3O.C23H34NSi.Ir/c1-22(2)29-20-27(25-11-7-6-8-12-25)21-30(23(3)4)35(29)40-33-14-10-9-13-32(33)39-36(40)26-16-18-34-31(19-26)28-17-15-24(5)38-37(28)41-34;1-22(2,3)15-18-14-20(24-16-21(18)25(7,8)9)17-11-10-12-19(13-17)23(4,5)6;/h6-15,17-23H,1-5H3;10,12-14,16H,15H2,1-9H3;/q2*-1;/i;15D2;. The van der Waals surface area contributed by atoms with Crippen LogP contribution in [0.1, 0.15) is 112 Å². The summed E-state index contributed by atoms with van der Waals surface area (Å²) in [6.45, 7) is 30.3. The van der Waals surface area contributed by atoms with E-state index in [1.165, 1.54) is 33.5 Å². The third-order valence-corrected chi connectivity index (χ3v) is 14.1. The molecule has 0 saturated carbocycles. The Morgan fingerprint density at radius 2 is 1.40 bits per heavy atom. The molecule has 0 unspecified atom stereocenters. The summed E-state index contributed by atoms with van der Waals surface area (Å²) in [5.41, 5.74) is 14.9. The van der Waals surface area contributed by atoms with Crippen LogP contribution in [0, 0.1) is 24.5 Å². The van der Waals surface area contributed by atoms with Crippen LogP contribution < -0.4 is 5.19 Å². The Morgan fingerprint density at radius 1 is 0.731 bits per heavy atom. The van der Waals surface area contributed by atoms with Crippen molar-refractivity contribution in [3.8, 4) is 39.5 Å². The van der Waals surface area contributed by atoms with Crippen molar-refractivity contribution in [3.05, 3.63) is 162 Å². The molecule has 0 N–H and O–H groups in total. The Kier molecular flexibility index (Phi) is 13.4. The molecule has 67 heavy (non-hydrogen) atoms. The monoisotopic (exact) mass is 1080 g/mol. The van der Waals surface area contributed by atoms with Gasteiger partial charge >= 0.3 is 0 Å². The van der Waals surface area contributed by atoms with Crippen molar-refractivity contribution in [2.75, 3.05) is 0 Å². The van der Waals surface area contributed by atoms with Crippen LogP contribution >= 0.6 is 0 Å². The zero-order chi connectivity index (χ0) is 49.1. The molecule has 0 bridgehead atoms. The fraction of sp³-hybridized carbons (Fsp3) is 0.317. The minimum Gasteiger partial charge on any atom is -0.486 e. The maximum Gasteiger partial charge on any atom is 0.216 e. The van der Waals surface area contributed by atoms with Crippen LogP contribution in [-0.2, 0) is 31.9 Å². The average molecular weight is 1080 g/mol. The zero-order valence-electron chi connectivity index (χ0n) is 43.7. The van der Waals surface area contributed by atoms with Gasteiger partial charge in [0.05, 0.1) is 30.5 Å². The van der Waals surface area contributed by atoms with Gasteiger partial charge in [-0.25, -0.2) is 4.98 Å². The van der Waals surface area contributed by atoms with Gasteiger partial charge < -0.3 is 14.0 Å². The molecule has 347 valence electrons. The second-order valence-electron chi connectivity index (χ2n) is 21.5. The first kappa shape index (κ1) is 46.6. The predicted molar refractivity (Wildman–Crippen MR) is 282 cm³/mol. The Labute approximate surface area is 416 Å². The second kappa shape index (κ2) is 19.3. The van der Waals surface area contributed by atoms with Gasteiger partial charge in [-0.3, -0.25) is 4.98 Å². The van der Waals surface area contributed by atoms with Crippen molar-refractivity contribution in [3.63, 3.8) is 0 Å². The number of nitrogens with zero attached hydrogens (tertiary/aromatic N) is 4. The molecule has 4 aromatic heterocycles. The van der Waals surface area contributed by atoms with Gasteiger partial charge in [-0.15, -0.1) is 59.2 Å². The summed E-state index contributed by atoms with van der Waals surface area (Å²) in [5.74, 6) is 1.48. The number of hydrogen-bond donors (Lipinski definition) is 0. The maximum atomic E-state index is 8.89. The summed E-state index contributed by atoms with van der Waals surface area (Å²) in [5, 5.41) is 3.12. The van der Waals surface area contributed by atoms with Crippen LogP contribution in [0.5, 0.6) is 0 Å². The molecule has 7 heteroatoms. The van der Waals surface area contributed by atoms with Crippen molar-refractivity contribution in [2.24, 2.45) is 5.41 Å². The fourth-order valence-electron chi connectivity index (χ4n) is 8.66. The molecule has 0 amide bonds. The quantitative estimate of drug-likeness (QED) is 0.112. The number of benzene rings is 5. The van der Waals surface area contributed by atoms with E-state index in [1.54, 1.807) is 0 Å². The van der Waals surface area contributed by atoms with Crippen LogP contribution in [0.2, 0.25) is 19.6 Å². The van der Waals surface area contributed by atoms with Crippen molar-refractivity contribution in [1.29, 1.82) is 0 Å². The van der Waals surface area contributed by atoms with E-state index in [0.717, 1.165) is 66.5 Å². The number of aryl methyl sites for hydroxylation is 1. The van der Waals surface area contributed by atoms with E-state index in [2.05, 4.69) is 181 Å². The van der Waals surface area contributed by atoms with Crippen molar-refractivity contribution < 1.29 is 27.3 Å². The molecule has 0 aliphatic rings. The molecule has 0 atom stereocenters. The van der Waals surface area contributed by atoms with Crippen LogP contribution in [0.4, 0.5) is 0 Å². The first-order valence-electron chi connectivity index (χ1n) is 24.4. The molecule has 5 nitrogen and oxygen atoms in total. The van der Waals surface area contributed by atoms with Gasteiger partial charge in [0, 0.05) is 45.8 Å². The molecule has 9 aromatic rings. The molecule has 0 spiro atoms. The Balaban J connectivity index is 0.000000220.